The van der Waals surface area contributed by atoms with Crippen molar-refractivity contribution in [1.82, 2.24) is 20.2 Å². The third-order valence-electron chi connectivity index (χ3n) is 4.12. The van der Waals surface area contributed by atoms with E-state index in [4.69, 9.17) is 9.57 Å². The van der Waals surface area contributed by atoms with Crippen LogP contribution in [-0.4, -0.2) is 39.3 Å². The predicted molar refractivity (Wildman–Crippen MR) is 106 cm³/mol. The zero-order valence-electron chi connectivity index (χ0n) is 17.4. The summed E-state index contributed by atoms with van der Waals surface area (Å²) in [4.78, 5) is 35.7. The Bertz CT molecular complexity index is 1100. The molecule has 1 aromatic carbocycles. The summed E-state index contributed by atoms with van der Waals surface area (Å²) in [7, 11) is 1.29. The van der Waals surface area contributed by atoms with Gasteiger partial charge in [0.25, 0.3) is 0 Å². The van der Waals surface area contributed by atoms with E-state index in [1.165, 1.54) is 32.4 Å². The van der Waals surface area contributed by atoms with Gasteiger partial charge in [0.2, 0.25) is 11.7 Å². The molecule has 0 aliphatic heterocycles. The third-order valence-corrected chi connectivity index (χ3v) is 4.12. The molecule has 0 fully saturated rings. The van der Waals surface area contributed by atoms with Crippen molar-refractivity contribution < 1.29 is 36.9 Å². The molecule has 0 bridgehead atoms. The number of halogens is 3. The number of rotatable bonds is 7. The number of amides is 2. The van der Waals surface area contributed by atoms with E-state index in [1.54, 1.807) is 24.3 Å². The Morgan fingerprint density at radius 1 is 1.12 bits per heavy atom. The van der Waals surface area contributed by atoms with E-state index < -0.39 is 18.2 Å². The van der Waals surface area contributed by atoms with Crippen LogP contribution in [0.3, 0.4) is 0 Å². The Hall–Kier alpha value is -4.00. The van der Waals surface area contributed by atoms with Gasteiger partial charge in [0.1, 0.15) is 12.4 Å². The van der Waals surface area contributed by atoms with Crippen LogP contribution in [0.5, 0.6) is 0 Å². The quantitative estimate of drug-likeness (QED) is 0.523. The molecule has 3 rings (SSSR count). The van der Waals surface area contributed by atoms with Crippen molar-refractivity contribution in [1.29, 1.82) is 0 Å². The van der Waals surface area contributed by atoms with Crippen LogP contribution in [0.25, 0.3) is 11.4 Å². The van der Waals surface area contributed by atoms with Crippen LogP contribution in [0.2, 0.25) is 0 Å². The normalized spacial score (nSPS) is 11.2. The molecule has 0 unspecified atom stereocenters. The SMILES string of the molecule is CON(Cc1ccc(-c2noc(C(F)(F)F)n2)cc1)C(=O)OCc1ccc(NC(C)=O)nc1. The maximum absolute atomic E-state index is 12.6. The highest BCUT2D eigenvalue weighted by Crippen LogP contribution is 2.29. The standard InChI is InChI=1S/C20H18F3N5O5/c1-12(29)25-16-8-5-14(9-24-16)11-32-19(30)28(31-2)10-13-3-6-15(7-4-13)17-26-18(33-27-17)20(21,22)23/h3-9H,10-11H2,1-2H3,(H,24,25,29). The summed E-state index contributed by atoms with van der Waals surface area (Å²) < 4.78 is 47.2. The van der Waals surface area contributed by atoms with E-state index in [2.05, 4.69) is 25.0 Å². The van der Waals surface area contributed by atoms with Gasteiger partial charge in [-0.3, -0.25) is 9.63 Å². The molecule has 1 N–H and O–H groups in total. The molecule has 3 aromatic rings. The predicted octanol–water partition coefficient (Wildman–Crippen LogP) is 3.81. The van der Waals surface area contributed by atoms with E-state index >= 15 is 0 Å². The summed E-state index contributed by atoms with van der Waals surface area (Å²) in [6, 6.07) is 9.33. The monoisotopic (exact) mass is 465 g/mol. The van der Waals surface area contributed by atoms with Crippen molar-refractivity contribution in [2.45, 2.75) is 26.3 Å². The van der Waals surface area contributed by atoms with Gasteiger partial charge in [0.15, 0.2) is 0 Å². The molecule has 2 amide bonds. The Kier molecular flexibility index (Phi) is 7.23. The molecule has 0 atom stereocenters. The van der Waals surface area contributed by atoms with E-state index in [-0.39, 0.29) is 24.9 Å². The maximum atomic E-state index is 12.6. The fourth-order valence-electron chi connectivity index (χ4n) is 2.57. The van der Waals surface area contributed by atoms with Crippen molar-refractivity contribution in [3.63, 3.8) is 0 Å². The second kappa shape index (κ2) is 10.1. The largest absolute Gasteiger partial charge is 0.471 e. The van der Waals surface area contributed by atoms with Gasteiger partial charge in [-0.1, -0.05) is 35.5 Å². The topological polar surface area (TPSA) is 120 Å². The first-order valence-electron chi connectivity index (χ1n) is 9.37. The van der Waals surface area contributed by atoms with Gasteiger partial charge < -0.3 is 14.6 Å². The van der Waals surface area contributed by atoms with Crippen LogP contribution in [0.15, 0.2) is 47.1 Å². The number of anilines is 1. The molecule has 2 heterocycles. The fourth-order valence-corrected chi connectivity index (χ4v) is 2.57. The highest BCUT2D eigenvalue weighted by atomic mass is 19.4. The van der Waals surface area contributed by atoms with Crippen molar-refractivity contribution in [3.8, 4) is 11.4 Å². The van der Waals surface area contributed by atoms with Gasteiger partial charge in [-0.05, 0) is 11.6 Å². The number of hydrogen-bond donors (Lipinski definition) is 1. The van der Waals surface area contributed by atoms with Crippen LogP contribution in [0, 0.1) is 0 Å². The lowest BCUT2D eigenvalue weighted by Gasteiger charge is -2.19. The summed E-state index contributed by atoms with van der Waals surface area (Å²) in [5, 5.41) is 6.81. The smallest absolute Gasteiger partial charge is 0.443 e. The molecule has 0 spiro atoms. The maximum Gasteiger partial charge on any atom is 0.471 e. The molecular weight excluding hydrogens is 447 g/mol. The Morgan fingerprint density at radius 3 is 2.36 bits per heavy atom. The molecule has 174 valence electrons. The summed E-state index contributed by atoms with van der Waals surface area (Å²) in [5.74, 6) is -1.53. The highest BCUT2D eigenvalue weighted by molar-refractivity contribution is 5.87. The number of pyridine rings is 1. The molecule has 2 aromatic heterocycles. The van der Waals surface area contributed by atoms with Gasteiger partial charge in [-0.2, -0.15) is 23.2 Å². The van der Waals surface area contributed by atoms with Crippen molar-refractivity contribution in [2.24, 2.45) is 0 Å². The molecule has 13 heteroatoms. The van der Waals surface area contributed by atoms with Gasteiger partial charge in [0, 0.05) is 24.2 Å². The zero-order valence-corrected chi connectivity index (χ0v) is 17.4. The van der Waals surface area contributed by atoms with E-state index in [1.807, 2.05) is 0 Å². The number of alkyl halides is 3. The molecule has 0 radical (unpaired) electrons. The van der Waals surface area contributed by atoms with Crippen molar-refractivity contribution in [3.05, 3.63) is 59.6 Å². The molecule has 0 saturated carbocycles. The van der Waals surface area contributed by atoms with Crippen molar-refractivity contribution in [2.75, 3.05) is 12.4 Å². The number of nitrogens with one attached hydrogen (secondary N) is 1. The summed E-state index contributed by atoms with van der Waals surface area (Å²) in [6.07, 6.45) is -4.04. The van der Waals surface area contributed by atoms with Crippen molar-refractivity contribution >= 4 is 17.8 Å². The minimum absolute atomic E-state index is 0.00930. The third kappa shape index (κ3) is 6.49. The van der Waals surface area contributed by atoms with E-state index in [9.17, 15) is 22.8 Å². The number of carbonyl (C=O) groups excluding carboxylic acids is 2. The summed E-state index contributed by atoms with van der Waals surface area (Å²) in [6.45, 7) is 1.29. The van der Waals surface area contributed by atoms with Crippen LogP contribution in [0.1, 0.15) is 23.9 Å². The number of carbonyl (C=O) groups is 2. The molecule has 0 saturated heterocycles. The van der Waals surface area contributed by atoms with Gasteiger partial charge >= 0.3 is 18.2 Å². The van der Waals surface area contributed by atoms with Crippen LogP contribution in [0.4, 0.5) is 23.8 Å². The minimum Gasteiger partial charge on any atom is -0.443 e. The Morgan fingerprint density at radius 2 is 1.82 bits per heavy atom. The molecule has 10 nitrogen and oxygen atoms in total. The molecular formula is C20H18F3N5O5. The number of aromatic nitrogens is 3. The Labute approximate surface area is 185 Å². The highest BCUT2D eigenvalue weighted by Gasteiger charge is 2.38. The lowest BCUT2D eigenvalue weighted by Crippen LogP contribution is -2.30. The summed E-state index contributed by atoms with van der Waals surface area (Å²) >= 11 is 0. The number of benzene rings is 1. The first-order valence-corrected chi connectivity index (χ1v) is 9.37. The van der Waals surface area contributed by atoms with E-state index in [0.717, 1.165) is 5.06 Å². The number of ether oxygens (including phenoxy) is 1. The lowest BCUT2D eigenvalue weighted by atomic mass is 10.1. The average molecular weight is 465 g/mol. The first-order chi connectivity index (χ1) is 15.7. The average Bonchev–Trinajstić information content (AvgIpc) is 3.28. The number of hydroxylamine groups is 2. The molecule has 33 heavy (non-hydrogen) atoms. The lowest BCUT2D eigenvalue weighted by molar-refractivity contribution is -0.159. The van der Waals surface area contributed by atoms with Crippen LogP contribution < -0.4 is 5.32 Å². The zero-order chi connectivity index (χ0) is 24.0. The van der Waals surface area contributed by atoms with Gasteiger partial charge in [-0.25, -0.2) is 9.78 Å². The molecule has 0 aliphatic carbocycles. The van der Waals surface area contributed by atoms with Crippen LogP contribution >= 0.6 is 0 Å². The number of hydrogen-bond acceptors (Lipinski definition) is 8. The Balaban J connectivity index is 1.57. The fraction of sp³-hybridized carbons (Fsp3) is 0.250. The second-order valence-electron chi connectivity index (χ2n) is 6.62. The molecule has 0 aliphatic rings. The summed E-state index contributed by atoms with van der Waals surface area (Å²) in [5.41, 5.74) is 1.51. The van der Waals surface area contributed by atoms with Gasteiger partial charge in [-0.15, -0.1) is 0 Å². The van der Waals surface area contributed by atoms with Gasteiger partial charge in [0.05, 0.1) is 13.7 Å². The van der Waals surface area contributed by atoms with Crippen LogP contribution in [-0.2, 0) is 33.7 Å². The first kappa shape index (κ1) is 23.7. The second-order valence-corrected chi connectivity index (χ2v) is 6.62. The number of nitrogens with zero attached hydrogens (tertiary/aromatic N) is 4. The van der Waals surface area contributed by atoms with E-state index in [0.29, 0.717) is 22.5 Å². The minimum atomic E-state index is -4.73.